The molecule has 0 aromatic heterocycles. The monoisotopic (exact) mass is 370 g/mol. The minimum Gasteiger partial charge on any atom is -0.493 e. The van der Waals surface area contributed by atoms with E-state index in [1.807, 2.05) is 31.2 Å². The summed E-state index contributed by atoms with van der Waals surface area (Å²) < 4.78 is 6.79. The molecule has 1 aliphatic rings. The molecule has 1 heterocycles. The zero-order chi connectivity index (χ0) is 14.3. The first-order valence-corrected chi connectivity index (χ1v) is 8.03. The Kier molecular flexibility index (Phi) is 3.98. The lowest BCUT2D eigenvalue weighted by Crippen LogP contribution is -2.00. The van der Waals surface area contributed by atoms with Crippen LogP contribution in [0.5, 0.6) is 5.75 Å². The van der Waals surface area contributed by atoms with Crippen LogP contribution in [-0.2, 0) is 6.42 Å². The first-order chi connectivity index (χ1) is 9.58. The van der Waals surface area contributed by atoms with Crippen LogP contribution in [0.1, 0.15) is 27.6 Å². The van der Waals surface area contributed by atoms with Crippen LogP contribution in [0, 0.1) is 6.92 Å². The van der Waals surface area contributed by atoms with Gasteiger partial charge in [-0.05, 0) is 41.8 Å². The summed E-state index contributed by atoms with van der Waals surface area (Å²) in [5, 5.41) is 0.471. The number of hydrogen-bond donors (Lipinski definition) is 0. The van der Waals surface area contributed by atoms with Crippen molar-refractivity contribution >= 4 is 39.1 Å². The summed E-state index contributed by atoms with van der Waals surface area (Å²) in [6.45, 7) is 2.71. The van der Waals surface area contributed by atoms with Crippen LogP contribution in [0.2, 0.25) is 5.02 Å². The molecular weight excluding hydrogens is 359 g/mol. The summed E-state index contributed by atoms with van der Waals surface area (Å²) >= 11 is 16.4. The van der Waals surface area contributed by atoms with E-state index < -0.39 is 0 Å². The average Bonchev–Trinajstić information content (AvgIpc) is 2.88. The maximum Gasteiger partial charge on any atom is 0.127 e. The molecule has 1 atom stereocenters. The second kappa shape index (κ2) is 5.59. The third-order valence-electron chi connectivity index (χ3n) is 3.63. The molecule has 0 radical (unpaired) electrons. The predicted molar refractivity (Wildman–Crippen MR) is 87.2 cm³/mol. The molecule has 0 bridgehead atoms. The zero-order valence-electron chi connectivity index (χ0n) is 10.9. The second-order valence-corrected chi connectivity index (χ2v) is 6.66. The molecule has 1 unspecified atom stereocenters. The van der Waals surface area contributed by atoms with Crippen molar-refractivity contribution in [3.8, 4) is 5.75 Å². The number of fused-ring (bicyclic) bond motifs is 1. The molecule has 2 aromatic rings. The largest absolute Gasteiger partial charge is 0.493 e. The quantitative estimate of drug-likeness (QED) is 0.617. The van der Waals surface area contributed by atoms with Crippen LogP contribution in [0.4, 0.5) is 0 Å². The third-order valence-corrected chi connectivity index (χ3v) is 4.97. The summed E-state index contributed by atoms with van der Waals surface area (Å²) in [5.41, 5.74) is 4.24. The first kappa shape index (κ1) is 14.2. The van der Waals surface area contributed by atoms with Crippen LogP contribution < -0.4 is 4.74 Å². The van der Waals surface area contributed by atoms with E-state index in [4.69, 9.17) is 27.9 Å². The molecule has 0 N–H and O–H groups in total. The van der Waals surface area contributed by atoms with Gasteiger partial charge in [0.15, 0.2) is 0 Å². The standard InChI is InChI=1S/C16H13BrCl2O/c1-9-12(3-2-4-14(9)18)15(19)13-8-11(17)7-10-5-6-20-16(10)13/h2-4,7-8,15H,5-6H2,1H3. The number of rotatable bonds is 2. The van der Waals surface area contributed by atoms with Crippen molar-refractivity contribution in [1.29, 1.82) is 0 Å². The molecule has 0 amide bonds. The molecule has 4 heteroatoms. The lowest BCUT2D eigenvalue weighted by atomic mass is 9.97. The fraction of sp³-hybridized carbons (Fsp3) is 0.250. The lowest BCUT2D eigenvalue weighted by molar-refractivity contribution is 0.353. The van der Waals surface area contributed by atoms with Gasteiger partial charge in [0.1, 0.15) is 5.75 Å². The molecule has 0 aliphatic carbocycles. The van der Waals surface area contributed by atoms with Gasteiger partial charge in [-0.25, -0.2) is 0 Å². The highest BCUT2D eigenvalue weighted by molar-refractivity contribution is 9.10. The highest BCUT2D eigenvalue weighted by atomic mass is 79.9. The SMILES string of the molecule is Cc1c(Cl)cccc1C(Cl)c1cc(Br)cc2c1OCC2. The van der Waals surface area contributed by atoms with Crippen LogP contribution in [0.3, 0.4) is 0 Å². The van der Waals surface area contributed by atoms with Gasteiger partial charge in [0.2, 0.25) is 0 Å². The van der Waals surface area contributed by atoms with E-state index in [9.17, 15) is 0 Å². The van der Waals surface area contributed by atoms with Crippen LogP contribution >= 0.6 is 39.1 Å². The average molecular weight is 372 g/mol. The number of alkyl halides is 1. The Bertz CT molecular complexity index is 670. The predicted octanol–water partition coefficient (Wildman–Crippen LogP) is 5.67. The van der Waals surface area contributed by atoms with Gasteiger partial charge in [0.25, 0.3) is 0 Å². The Morgan fingerprint density at radius 3 is 2.85 bits per heavy atom. The van der Waals surface area contributed by atoms with E-state index >= 15 is 0 Å². The van der Waals surface area contributed by atoms with Crippen LogP contribution in [0.25, 0.3) is 0 Å². The maximum absolute atomic E-state index is 6.71. The van der Waals surface area contributed by atoms with Crippen molar-refractivity contribution in [1.82, 2.24) is 0 Å². The molecule has 0 saturated heterocycles. The van der Waals surface area contributed by atoms with Crippen molar-refractivity contribution in [3.05, 3.63) is 62.1 Å². The summed E-state index contributed by atoms with van der Waals surface area (Å²) in [4.78, 5) is 0. The number of ether oxygens (including phenoxy) is 1. The van der Waals surface area contributed by atoms with Crippen LogP contribution in [0.15, 0.2) is 34.8 Å². The Balaban J connectivity index is 2.11. The van der Waals surface area contributed by atoms with Gasteiger partial charge in [-0.15, -0.1) is 11.6 Å². The second-order valence-electron chi connectivity index (χ2n) is 4.90. The topological polar surface area (TPSA) is 9.23 Å². The van der Waals surface area contributed by atoms with Crippen molar-refractivity contribution in [2.45, 2.75) is 18.7 Å². The number of benzene rings is 2. The molecule has 1 nitrogen and oxygen atoms in total. The first-order valence-electron chi connectivity index (χ1n) is 6.42. The Morgan fingerprint density at radius 2 is 2.05 bits per heavy atom. The molecule has 0 saturated carbocycles. The van der Waals surface area contributed by atoms with E-state index in [0.29, 0.717) is 0 Å². The minimum atomic E-state index is -0.266. The van der Waals surface area contributed by atoms with E-state index in [-0.39, 0.29) is 5.38 Å². The van der Waals surface area contributed by atoms with Gasteiger partial charge in [-0.1, -0.05) is 39.7 Å². The molecule has 1 aliphatic heterocycles. The fourth-order valence-electron chi connectivity index (χ4n) is 2.55. The highest BCUT2D eigenvalue weighted by Crippen LogP contribution is 2.42. The third kappa shape index (κ3) is 2.45. The Hall–Kier alpha value is -0.700. The van der Waals surface area contributed by atoms with Gasteiger partial charge >= 0.3 is 0 Å². The van der Waals surface area contributed by atoms with E-state index in [0.717, 1.165) is 45.0 Å². The van der Waals surface area contributed by atoms with E-state index in [1.165, 1.54) is 5.56 Å². The summed E-state index contributed by atoms with van der Waals surface area (Å²) in [7, 11) is 0. The number of hydrogen-bond acceptors (Lipinski definition) is 1. The van der Waals surface area contributed by atoms with Crippen molar-refractivity contribution < 1.29 is 4.74 Å². The number of halogens is 3. The summed E-state index contributed by atoms with van der Waals surface area (Å²) in [6, 6.07) is 9.95. The van der Waals surface area contributed by atoms with Gasteiger partial charge in [-0.2, -0.15) is 0 Å². The molecule has 2 aromatic carbocycles. The van der Waals surface area contributed by atoms with Crippen molar-refractivity contribution in [3.63, 3.8) is 0 Å². The lowest BCUT2D eigenvalue weighted by Gasteiger charge is -2.17. The van der Waals surface area contributed by atoms with Crippen molar-refractivity contribution in [2.24, 2.45) is 0 Å². The zero-order valence-corrected chi connectivity index (χ0v) is 14.0. The summed E-state index contributed by atoms with van der Waals surface area (Å²) in [6.07, 6.45) is 0.930. The fourth-order valence-corrected chi connectivity index (χ4v) is 3.66. The molecule has 104 valence electrons. The van der Waals surface area contributed by atoms with Crippen molar-refractivity contribution in [2.75, 3.05) is 6.61 Å². The highest BCUT2D eigenvalue weighted by Gasteiger charge is 2.24. The molecule has 3 rings (SSSR count). The van der Waals surface area contributed by atoms with Gasteiger partial charge in [-0.3, -0.25) is 0 Å². The van der Waals surface area contributed by atoms with E-state index in [1.54, 1.807) is 0 Å². The minimum absolute atomic E-state index is 0.266. The Morgan fingerprint density at radius 1 is 1.25 bits per heavy atom. The molecule has 0 spiro atoms. The van der Waals surface area contributed by atoms with Gasteiger partial charge < -0.3 is 4.74 Å². The smallest absolute Gasteiger partial charge is 0.127 e. The Labute approximate surface area is 137 Å². The molecule has 20 heavy (non-hydrogen) atoms. The maximum atomic E-state index is 6.71. The van der Waals surface area contributed by atoms with Gasteiger partial charge in [0.05, 0.1) is 12.0 Å². The molecule has 0 fully saturated rings. The van der Waals surface area contributed by atoms with Gasteiger partial charge in [0, 0.05) is 21.5 Å². The van der Waals surface area contributed by atoms with E-state index in [2.05, 4.69) is 22.0 Å². The van der Waals surface area contributed by atoms with Crippen LogP contribution in [-0.4, -0.2) is 6.61 Å². The normalized spacial score (nSPS) is 14.8. The summed E-state index contributed by atoms with van der Waals surface area (Å²) in [5.74, 6) is 0.924. The molecular formula is C16H13BrCl2O.